The van der Waals surface area contributed by atoms with Crippen LogP contribution in [0.25, 0.3) is 0 Å². The van der Waals surface area contributed by atoms with Gasteiger partial charge in [0.2, 0.25) is 0 Å². The van der Waals surface area contributed by atoms with Crippen LogP contribution in [0.5, 0.6) is 0 Å². The van der Waals surface area contributed by atoms with Crippen molar-refractivity contribution in [1.29, 1.82) is 0 Å². The number of hydrogen-bond acceptors (Lipinski definition) is 1. The van der Waals surface area contributed by atoms with Gasteiger partial charge in [0.1, 0.15) is 0 Å². The third-order valence-corrected chi connectivity index (χ3v) is 2.85. The minimum absolute atomic E-state index is 0.213. The van der Waals surface area contributed by atoms with E-state index >= 15 is 0 Å². The van der Waals surface area contributed by atoms with Crippen LogP contribution in [0, 0.1) is 5.92 Å². The van der Waals surface area contributed by atoms with Gasteiger partial charge in [-0.05, 0) is 29.7 Å². The summed E-state index contributed by atoms with van der Waals surface area (Å²) >= 11 is 11.7. The predicted octanol–water partition coefficient (Wildman–Crippen LogP) is 4.07. The Morgan fingerprint density at radius 1 is 1.21 bits per heavy atom. The van der Waals surface area contributed by atoms with Gasteiger partial charge in [-0.1, -0.05) is 43.5 Å². The molecule has 0 bridgehead atoms. The van der Waals surface area contributed by atoms with Gasteiger partial charge < -0.3 is 5.11 Å². The van der Waals surface area contributed by atoms with E-state index in [2.05, 4.69) is 0 Å². The van der Waals surface area contributed by atoms with Gasteiger partial charge >= 0.3 is 0 Å². The first-order valence-corrected chi connectivity index (χ1v) is 5.44. The average molecular weight is 233 g/mol. The highest BCUT2D eigenvalue weighted by Gasteiger charge is 2.15. The molecule has 0 spiro atoms. The Balaban J connectivity index is 2.94. The van der Waals surface area contributed by atoms with E-state index in [1.54, 1.807) is 18.2 Å². The summed E-state index contributed by atoms with van der Waals surface area (Å²) < 4.78 is 0. The molecule has 0 saturated carbocycles. The van der Waals surface area contributed by atoms with E-state index in [0.29, 0.717) is 10.0 Å². The molecule has 0 aromatic heterocycles. The molecular formula is C11H14Cl2O. The first kappa shape index (κ1) is 11.8. The first-order valence-electron chi connectivity index (χ1n) is 4.68. The smallest absolute Gasteiger partial charge is 0.0816 e. The summed E-state index contributed by atoms with van der Waals surface area (Å²) in [5, 5.41) is 11.0. The Morgan fingerprint density at radius 3 is 2.14 bits per heavy atom. The van der Waals surface area contributed by atoms with Gasteiger partial charge in [0.05, 0.1) is 6.10 Å². The molecule has 0 saturated heterocycles. The highest BCUT2D eigenvalue weighted by molar-refractivity contribution is 6.34. The first-order chi connectivity index (χ1) is 6.54. The number of benzene rings is 1. The Kier molecular flexibility index (Phi) is 4.24. The molecule has 3 heteroatoms. The molecule has 1 aromatic rings. The van der Waals surface area contributed by atoms with Crippen LogP contribution < -0.4 is 0 Å². The van der Waals surface area contributed by atoms with Crippen LogP contribution in [-0.2, 0) is 0 Å². The van der Waals surface area contributed by atoms with Gasteiger partial charge in [-0.25, -0.2) is 0 Å². The topological polar surface area (TPSA) is 20.2 Å². The van der Waals surface area contributed by atoms with Gasteiger partial charge in [0.15, 0.2) is 0 Å². The summed E-state index contributed by atoms with van der Waals surface area (Å²) in [7, 11) is 0. The van der Waals surface area contributed by atoms with E-state index in [4.69, 9.17) is 23.2 Å². The van der Waals surface area contributed by atoms with E-state index in [1.165, 1.54) is 0 Å². The fraction of sp³-hybridized carbons (Fsp3) is 0.455. The molecule has 0 aliphatic carbocycles. The zero-order chi connectivity index (χ0) is 10.7. The maximum Gasteiger partial charge on any atom is 0.0816 e. The SMILES string of the molecule is CCC(C)C(O)c1cc(Cl)cc(Cl)c1. The Hall–Kier alpha value is -0.240. The van der Waals surface area contributed by atoms with Gasteiger partial charge in [-0.2, -0.15) is 0 Å². The maximum absolute atomic E-state index is 9.92. The Morgan fingerprint density at radius 2 is 1.71 bits per heavy atom. The molecule has 2 unspecified atom stereocenters. The van der Waals surface area contributed by atoms with Crippen molar-refractivity contribution in [3.8, 4) is 0 Å². The number of rotatable bonds is 3. The molecule has 1 aromatic carbocycles. The summed E-state index contributed by atoms with van der Waals surface area (Å²) in [5.74, 6) is 0.213. The fourth-order valence-corrected chi connectivity index (χ4v) is 1.84. The maximum atomic E-state index is 9.92. The van der Waals surface area contributed by atoms with Gasteiger partial charge in [-0.15, -0.1) is 0 Å². The molecule has 0 aliphatic heterocycles. The zero-order valence-corrected chi connectivity index (χ0v) is 9.81. The molecule has 78 valence electrons. The quantitative estimate of drug-likeness (QED) is 0.834. The minimum Gasteiger partial charge on any atom is -0.388 e. The van der Waals surface area contributed by atoms with Crippen molar-refractivity contribution >= 4 is 23.2 Å². The molecule has 1 rings (SSSR count). The summed E-state index contributed by atoms with van der Waals surface area (Å²) in [6, 6.07) is 5.17. The van der Waals surface area contributed by atoms with Crippen LogP contribution in [0.15, 0.2) is 18.2 Å². The lowest BCUT2D eigenvalue weighted by molar-refractivity contribution is 0.115. The fourth-order valence-electron chi connectivity index (χ4n) is 1.30. The van der Waals surface area contributed by atoms with Crippen LogP contribution in [0.3, 0.4) is 0 Å². The second kappa shape index (κ2) is 5.01. The van der Waals surface area contributed by atoms with Crippen molar-refractivity contribution in [2.45, 2.75) is 26.4 Å². The number of halogens is 2. The standard InChI is InChI=1S/C11H14Cl2O/c1-3-7(2)11(14)8-4-9(12)6-10(13)5-8/h4-7,11,14H,3H2,1-2H3. The van der Waals surface area contributed by atoms with Crippen LogP contribution in [0.1, 0.15) is 31.9 Å². The second-order valence-electron chi connectivity index (χ2n) is 3.53. The summed E-state index contributed by atoms with van der Waals surface area (Å²) in [6.07, 6.45) is 0.432. The average Bonchev–Trinajstić information content (AvgIpc) is 2.14. The predicted molar refractivity (Wildman–Crippen MR) is 60.9 cm³/mol. The number of hydrogen-bond donors (Lipinski definition) is 1. The van der Waals surface area contributed by atoms with Gasteiger partial charge in [-0.3, -0.25) is 0 Å². The normalized spacial score (nSPS) is 15.2. The Labute approximate surface area is 94.7 Å². The Bertz CT molecular complexity index is 292. The summed E-state index contributed by atoms with van der Waals surface area (Å²) in [5.41, 5.74) is 0.789. The van der Waals surface area contributed by atoms with E-state index in [9.17, 15) is 5.11 Å². The molecule has 2 atom stereocenters. The van der Waals surface area contributed by atoms with Crippen molar-refractivity contribution in [1.82, 2.24) is 0 Å². The lowest BCUT2D eigenvalue weighted by Gasteiger charge is -2.17. The molecule has 0 aliphatic rings. The third kappa shape index (κ3) is 2.88. The molecule has 14 heavy (non-hydrogen) atoms. The van der Waals surface area contributed by atoms with E-state index in [1.807, 2.05) is 13.8 Å². The van der Waals surface area contributed by atoms with Crippen LogP contribution >= 0.6 is 23.2 Å². The lowest BCUT2D eigenvalue weighted by Crippen LogP contribution is -2.07. The van der Waals surface area contributed by atoms with Crippen molar-refractivity contribution in [3.63, 3.8) is 0 Å². The molecule has 1 nitrogen and oxygen atoms in total. The molecular weight excluding hydrogens is 219 g/mol. The van der Waals surface area contributed by atoms with Crippen molar-refractivity contribution in [2.24, 2.45) is 5.92 Å². The summed E-state index contributed by atoms with van der Waals surface area (Å²) in [4.78, 5) is 0. The van der Waals surface area contributed by atoms with Crippen molar-refractivity contribution in [2.75, 3.05) is 0 Å². The largest absolute Gasteiger partial charge is 0.388 e. The van der Waals surface area contributed by atoms with Crippen molar-refractivity contribution < 1.29 is 5.11 Å². The molecule has 0 radical (unpaired) electrons. The molecule has 0 amide bonds. The van der Waals surface area contributed by atoms with Crippen molar-refractivity contribution in [3.05, 3.63) is 33.8 Å². The van der Waals surface area contributed by atoms with Crippen LogP contribution in [0.4, 0.5) is 0 Å². The van der Waals surface area contributed by atoms with Crippen LogP contribution in [-0.4, -0.2) is 5.11 Å². The lowest BCUT2D eigenvalue weighted by atomic mass is 9.95. The zero-order valence-electron chi connectivity index (χ0n) is 8.30. The van der Waals surface area contributed by atoms with E-state index < -0.39 is 6.10 Å². The second-order valence-corrected chi connectivity index (χ2v) is 4.41. The molecule has 0 fully saturated rings. The molecule has 0 heterocycles. The highest BCUT2D eigenvalue weighted by atomic mass is 35.5. The summed E-state index contributed by atoms with van der Waals surface area (Å²) in [6.45, 7) is 4.04. The highest BCUT2D eigenvalue weighted by Crippen LogP contribution is 2.28. The third-order valence-electron chi connectivity index (χ3n) is 2.41. The number of aliphatic hydroxyl groups excluding tert-OH is 1. The van der Waals surface area contributed by atoms with E-state index in [-0.39, 0.29) is 5.92 Å². The van der Waals surface area contributed by atoms with E-state index in [0.717, 1.165) is 12.0 Å². The van der Waals surface area contributed by atoms with Gasteiger partial charge in [0.25, 0.3) is 0 Å². The van der Waals surface area contributed by atoms with Gasteiger partial charge in [0, 0.05) is 10.0 Å². The minimum atomic E-state index is -0.490. The number of aliphatic hydroxyl groups is 1. The monoisotopic (exact) mass is 232 g/mol. The molecule has 1 N–H and O–H groups in total. The van der Waals surface area contributed by atoms with Crippen LogP contribution in [0.2, 0.25) is 10.0 Å².